The van der Waals surface area contributed by atoms with E-state index in [0.717, 1.165) is 29.1 Å². The SMILES string of the molecule is CCCCc1ccc(NCc2csc(C(=O)O)n2)cc1. The average Bonchev–Trinajstić information content (AvgIpc) is 2.93. The number of unbranched alkanes of at least 4 members (excludes halogenated alkanes) is 1. The third kappa shape index (κ3) is 4.06. The molecule has 106 valence electrons. The highest BCUT2D eigenvalue weighted by Crippen LogP contribution is 2.14. The van der Waals surface area contributed by atoms with Crippen molar-refractivity contribution in [1.29, 1.82) is 0 Å². The lowest BCUT2D eigenvalue weighted by molar-refractivity contribution is 0.0696. The van der Waals surface area contributed by atoms with Gasteiger partial charge in [-0.2, -0.15) is 0 Å². The van der Waals surface area contributed by atoms with E-state index >= 15 is 0 Å². The van der Waals surface area contributed by atoms with Crippen molar-refractivity contribution >= 4 is 23.0 Å². The maximum absolute atomic E-state index is 10.7. The molecule has 4 nitrogen and oxygen atoms in total. The Bertz CT molecular complexity index is 564. The monoisotopic (exact) mass is 290 g/mol. The van der Waals surface area contributed by atoms with Crippen LogP contribution in [0.15, 0.2) is 29.6 Å². The van der Waals surface area contributed by atoms with E-state index in [2.05, 4.69) is 41.5 Å². The molecule has 0 atom stereocenters. The van der Waals surface area contributed by atoms with E-state index in [1.165, 1.54) is 18.4 Å². The summed E-state index contributed by atoms with van der Waals surface area (Å²) >= 11 is 1.15. The Morgan fingerprint density at radius 2 is 2.10 bits per heavy atom. The quantitative estimate of drug-likeness (QED) is 0.814. The molecule has 1 aromatic heterocycles. The molecule has 0 fully saturated rings. The molecule has 0 aliphatic heterocycles. The summed E-state index contributed by atoms with van der Waals surface area (Å²) in [5.41, 5.74) is 3.12. The number of aromatic carboxylic acids is 1. The second-order valence-electron chi connectivity index (χ2n) is 4.60. The minimum absolute atomic E-state index is 0.136. The van der Waals surface area contributed by atoms with Gasteiger partial charge >= 0.3 is 5.97 Å². The van der Waals surface area contributed by atoms with Crippen LogP contribution in [-0.4, -0.2) is 16.1 Å². The van der Waals surface area contributed by atoms with Crippen LogP contribution in [0.2, 0.25) is 0 Å². The van der Waals surface area contributed by atoms with E-state index in [0.29, 0.717) is 6.54 Å². The van der Waals surface area contributed by atoms with Crippen LogP contribution in [0.3, 0.4) is 0 Å². The van der Waals surface area contributed by atoms with E-state index in [1.54, 1.807) is 5.38 Å². The number of rotatable bonds is 7. The van der Waals surface area contributed by atoms with Gasteiger partial charge in [0.05, 0.1) is 12.2 Å². The highest BCUT2D eigenvalue weighted by Gasteiger charge is 2.08. The molecule has 5 heteroatoms. The largest absolute Gasteiger partial charge is 0.476 e. The molecular formula is C15H18N2O2S. The van der Waals surface area contributed by atoms with Gasteiger partial charge in [0, 0.05) is 11.1 Å². The maximum atomic E-state index is 10.7. The lowest BCUT2D eigenvalue weighted by Crippen LogP contribution is -2.01. The normalized spacial score (nSPS) is 10.4. The van der Waals surface area contributed by atoms with Crippen molar-refractivity contribution in [3.63, 3.8) is 0 Å². The number of carboxylic acid groups (broad SMARTS) is 1. The molecule has 0 spiro atoms. The molecule has 0 bridgehead atoms. The number of carboxylic acids is 1. The number of benzene rings is 1. The van der Waals surface area contributed by atoms with Crippen LogP contribution in [0.25, 0.3) is 0 Å². The third-order valence-corrected chi connectivity index (χ3v) is 3.86. The standard InChI is InChI=1S/C15H18N2O2S/c1-2-3-4-11-5-7-12(8-6-11)16-9-13-10-20-14(17-13)15(18)19/h5-8,10,16H,2-4,9H2,1H3,(H,18,19). The number of anilines is 1. The Hall–Kier alpha value is -1.88. The van der Waals surface area contributed by atoms with E-state index in [-0.39, 0.29) is 5.01 Å². The van der Waals surface area contributed by atoms with Gasteiger partial charge in [-0.1, -0.05) is 25.5 Å². The molecule has 0 amide bonds. The zero-order valence-electron chi connectivity index (χ0n) is 11.4. The highest BCUT2D eigenvalue weighted by atomic mass is 32.1. The predicted molar refractivity (Wildman–Crippen MR) is 81.5 cm³/mol. The Morgan fingerprint density at radius 1 is 1.35 bits per heavy atom. The molecule has 2 rings (SSSR count). The minimum atomic E-state index is -0.971. The van der Waals surface area contributed by atoms with Crippen LogP contribution in [0.1, 0.15) is 40.8 Å². The molecule has 0 unspecified atom stereocenters. The summed E-state index contributed by atoms with van der Waals surface area (Å²) in [4.78, 5) is 14.8. The average molecular weight is 290 g/mol. The van der Waals surface area contributed by atoms with Gasteiger partial charge in [0.2, 0.25) is 5.01 Å². The Kier molecular flexibility index (Phi) is 5.12. The Labute approximate surface area is 122 Å². The molecule has 2 N–H and O–H groups in total. The molecule has 1 heterocycles. The van der Waals surface area contributed by atoms with Crippen molar-refractivity contribution in [1.82, 2.24) is 4.98 Å². The lowest BCUT2D eigenvalue weighted by Gasteiger charge is -2.06. The van der Waals surface area contributed by atoms with Crippen molar-refractivity contribution in [2.75, 3.05) is 5.32 Å². The summed E-state index contributed by atoms with van der Waals surface area (Å²) in [7, 11) is 0. The number of hydrogen-bond acceptors (Lipinski definition) is 4. The van der Waals surface area contributed by atoms with Gasteiger partial charge < -0.3 is 10.4 Å². The number of aromatic nitrogens is 1. The van der Waals surface area contributed by atoms with Gasteiger partial charge in [-0.3, -0.25) is 0 Å². The second kappa shape index (κ2) is 7.05. The molecule has 20 heavy (non-hydrogen) atoms. The van der Waals surface area contributed by atoms with Crippen LogP contribution in [0, 0.1) is 0 Å². The number of hydrogen-bond donors (Lipinski definition) is 2. The minimum Gasteiger partial charge on any atom is -0.476 e. The summed E-state index contributed by atoms with van der Waals surface area (Å²) in [5, 5.41) is 14.0. The fraction of sp³-hybridized carbons (Fsp3) is 0.333. The molecule has 0 radical (unpaired) electrons. The van der Waals surface area contributed by atoms with Crippen LogP contribution in [-0.2, 0) is 13.0 Å². The van der Waals surface area contributed by atoms with Crippen molar-refractivity contribution in [2.45, 2.75) is 32.7 Å². The molecule has 2 aromatic rings. The van der Waals surface area contributed by atoms with E-state index in [1.807, 2.05) is 0 Å². The van der Waals surface area contributed by atoms with Crippen LogP contribution < -0.4 is 5.32 Å². The molecule has 1 aromatic carbocycles. The summed E-state index contributed by atoms with van der Waals surface area (Å²) in [6, 6.07) is 8.36. The summed E-state index contributed by atoms with van der Waals surface area (Å²) in [5.74, 6) is -0.971. The molecule has 0 saturated heterocycles. The molecule has 0 aliphatic rings. The first kappa shape index (κ1) is 14.5. The molecule has 0 saturated carbocycles. The fourth-order valence-electron chi connectivity index (χ4n) is 1.85. The van der Waals surface area contributed by atoms with Crippen LogP contribution in [0.4, 0.5) is 5.69 Å². The Morgan fingerprint density at radius 3 is 2.70 bits per heavy atom. The van der Waals surface area contributed by atoms with Crippen LogP contribution in [0.5, 0.6) is 0 Å². The van der Waals surface area contributed by atoms with Gasteiger partial charge in [0.25, 0.3) is 0 Å². The van der Waals surface area contributed by atoms with Gasteiger partial charge in [-0.15, -0.1) is 11.3 Å². The zero-order valence-corrected chi connectivity index (χ0v) is 12.2. The predicted octanol–water partition coefficient (Wildman–Crippen LogP) is 3.80. The molecule has 0 aliphatic carbocycles. The van der Waals surface area contributed by atoms with E-state index in [9.17, 15) is 4.79 Å². The third-order valence-electron chi connectivity index (χ3n) is 2.98. The smallest absolute Gasteiger partial charge is 0.365 e. The van der Waals surface area contributed by atoms with Crippen molar-refractivity contribution < 1.29 is 9.90 Å². The molecular weight excluding hydrogens is 272 g/mol. The number of nitrogens with one attached hydrogen (secondary N) is 1. The Balaban J connectivity index is 1.88. The van der Waals surface area contributed by atoms with Gasteiger partial charge in [0.1, 0.15) is 0 Å². The topological polar surface area (TPSA) is 62.2 Å². The summed E-state index contributed by atoms with van der Waals surface area (Å²) in [6.07, 6.45) is 3.53. The van der Waals surface area contributed by atoms with Crippen molar-refractivity contribution in [3.05, 3.63) is 45.9 Å². The van der Waals surface area contributed by atoms with Crippen molar-refractivity contribution in [3.8, 4) is 0 Å². The van der Waals surface area contributed by atoms with E-state index in [4.69, 9.17) is 5.11 Å². The number of aryl methyl sites for hydroxylation is 1. The lowest BCUT2D eigenvalue weighted by atomic mass is 10.1. The van der Waals surface area contributed by atoms with Gasteiger partial charge in [-0.05, 0) is 30.5 Å². The van der Waals surface area contributed by atoms with E-state index < -0.39 is 5.97 Å². The first-order valence-corrected chi connectivity index (χ1v) is 7.57. The number of carbonyl (C=O) groups is 1. The summed E-state index contributed by atoms with van der Waals surface area (Å²) in [6.45, 7) is 2.73. The van der Waals surface area contributed by atoms with Crippen molar-refractivity contribution in [2.24, 2.45) is 0 Å². The first-order chi connectivity index (χ1) is 9.69. The first-order valence-electron chi connectivity index (χ1n) is 6.69. The number of thiazole rings is 1. The van der Waals surface area contributed by atoms with Crippen LogP contribution >= 0.6 is 11.3 Å². The maximum Gasteiger partial charge on any atom is 0.365 e. The summed E-state index contributed by atoms with van der Waals surface area (Å²) < 4.78 is 0. The van der Waals surface area contributed by atoms with Gasteiger partial charge in [0.15, 0.2) is 0 Å². The highest BCUT2D eigenvalue weighted by molar-refractivity contribution is 7.11. The van der Waals surface area contributed by atoms with Gasteiger partial charge in [-0.25, -0.2) is 9.78 Å². The zero-order chi connectivity index (χ0) is 14.4. The number of nitrogens with zero attached hydrogens (tertiary/aromatic N) is 1. The fourth-order valence-corrected chi connectivity index (χ4v) is 2.50. The second-order valence-corrected chi connectivity index (χ2v) is 5.46.